The van der Waals surface area contributed by atoms with Crippen LogP contribution in [0.25, 0.3) is 0 Å². The molecule has 1 heterocycles. The molecular formula is C21H35N3O3S. The first-order chi connectivity index (χ1) is 13.0. The lowest BCUT2D eigenvalue weighted by atomic mass is 9.87. The molecule has 1 amide bonds. The summed E-state index contributed by atoms with van der Waals surface area (Å²) in [6.45, 7) is 13.5. The Morgan fingerprint density at radius 1 is 1.21 bits per heavy atom. The van der Waals surface area contributed by atoms with Crippen molar-refractivity contribution < 1.29 is 13.2 Å². The first-order valence-electron chi connectivity index (χ1n) is 10.1. The summed E-state index contributed by atoms with van der Waals surface area (Å²) in [5, 5.41) is 2.93. The molecule has 158 valence electrons. The molecule has 0 spiro atoms. The summed E-state index contributed by atoms with van der Waals surface area (Å²) in [6, 6.07) is 7.44. The molecule has 1 atom stereocenters. The van der Waals surface area contributed by atoms with Crippen LogP contribution in [0.4, 0.5) is 0 Å². The predicted molar refractivity (Wildman–Crippen MR) is 113 cm³/mol. The molecule has 1 aromatic rings. The van der Waals surface area contributed by atoms with Crippen LogP contribution in [0.15, 0.2) is 29.2 Å². The topological polar surface area (TPSA) is 78.5 Å². The van der Waals surface area contributed by atoms with Crippen molar-refractivity contribution in [3.63, 3.8) is 0 Å². The molecule has 0 aromatic heterocycles. The third kappa shape index (κ3) is 6.57. The first-order valence-corrected chi connectivity index (χ1v) is 11.6. The summed E-state index contributed by atoms with van der Waals surface area (Å²) in [4.78, 5) is 14.7. The van der Waals surface area contributed by atoms with Gasteiger partial charge >= 0.3 is 0 Å². The van der Waals surface area contributed by atoms with E-state index in [0.717, 1.165) is 25.1 Å². The van der Waals surface area contributed by atoms with Gasteiger partial charge in [-0.1, -0.05) is 32.9 Å². The van der Waals surface area contributed by atoms with Crippen LogP contribution in [0.2, 0.25) is 0 Å². The highest BCUT2D eigenvalue weighted by Crippen LogP contribution is 2.23. The van der Waals surface area contributed by atoms with Crippen molar-refractivity contribution in [1.29, 1.82) is 0 Å². The Morgan fingerprint density at radius 3 is 2.39 bits per heavy atom. The number of hydrogen-bond donors (Lipinski definition) is 2. The number of likely N-dealkylation sites (tertiary alicyclic amines) is 1. The number of benzene rings is 1. The number of sulfonamides is 1. The molecule has 2 N–H and O–H groups in total. The van der Waals surface area contributed by atoms with Crippen LogP contribution < -0.4 is 10.0 Å². The van der Waals surface area contributed by atoms with Gasteiger partial charge in [-0.05, 0) is 55.8 Å². The number of hydrogen-bond acceptors (Lipinski definition) is 4. The molecule has 7 heteroatoms. The van der Waals surface area contributed by atoms with Gasteiger partial charge in [-0.15, -0.1) is 0 Å². The van der Waals surface area contributed by atoms with Crippen LogP contribution in [0.1, 0.15) is 53.0 Å². The number of carbonyl (C=O) groups is 1. The van der Waals surface area contributed by atoms with E-state index in [0.29, 0.717) is 18.5 Å². The van der Waals surface area contributed by atoms with Gasteiger partial charge in [-0.25, -0.2) is 13.1 Å². The number of carbonyl (C=O) groups excluding carboxylic acids is 1. The summed E-state index contributed by atoms with van der Waals surface area (Å²) in [6.07, 6.45) is 1.23. The maximum atomic E-state index is 12.4. The summed E-state index contributed by atoms with van der Waals surface area (Å²) in [5.74, 6) is 0.359. The minimum absolute atomic E-state index is 0.0284. The smallest absolute Gasteiger partial charge is 0.240 e. The zero-order valence-corrected chi connectivity index (χ0v) is 18.6. The maximum absolute atomic E-state index is 12.4. The molecule has 0 aliphatic carbocycles. The van der Waals surface area contributed by atoms with Crippen molar-refractivity contribution in [3.05, 3.63) is 29.8 Å². The van der Waals surface area contributed by atoms with Crippen molar-refractivity contribution >= 4 is 15.9 Å². The number of nitrogens with one attached hydrogen (secondary N) is 2. The lowest BCUT2D eigenvalue weighted by molar-refractivity contribution is -0.121. The second-order valence-corrected chi connectivity index (χ2v) is 10.7. The van der Waals surface area contributed by atoms with Crippen molar-refractivity contribution in [2.45, 2.75) is 63.8 Å². The van der Waals surface area contributed by atoms with Gasteiger partial charge in [0.05, 0.1) is 4.90 Å². The fourth-order valence-corrected chi connectivity index (χ4v) is 4.39. The van der Waals surface area contributed by atoms with Crippen molar-refractivity contribution in [2.75, 3.05) is 26.2 Å². The SMILES string of the molecule is CC(C)N1CCC(CNC(=O)CCNS(=O)(=O)c2ccc(C(C)(C)C)cc2)C1. The fraction of sp³-hybridized carbons (Fsp3) is 0.667. The lowest BCUT2D eigenvalue weighted by Gasteiger charge is -2.20. The molecule has 2 rings (SSSR count). The van der Waals surface area contributed by atoms with Crippen LogP contribution in [0.3, 0.4) is 0 Å². The monoisotopic (exact) mass is 409 g/mol. The van der Waals surface area contributed by atoms with Gasteiger partial charge in [0, 0.05) is 32.1 Å². The number of nitrogens with zero attached hydrogens (tertiary/aromatic N) is 1. The van der Waals surface area contributed by atoms with Crippen LogP contribution in [-0.2, 0) is 20.2 Å². The van der Waals surface area contributed by atoms with Gasteiger partial charge in [0.2, 0.25) is 15.9 Å². The largest absolute Gasteiger partial charge is 0.356 e. The van der Waals surface area contributed by atoms with E-state index in [4.69, 9.17) is 0 Å². The normalized spacial score (nSPS) is 18.6. The van der Waals surface area contributed by atoms with Gasteiger partial charge < -0.3 is 10.2 Å². The van der Waals surface area contributed by atoms with Gasteiger partial charge in [0.15, 0.2) is 0 Å². The standard InChI is InChI=1S/C21H35N3O3S/c1-16(2)24-13-11-17(15-24)14-22-20(25)10-12-23-28(26,27)19-8-6-18(7-9-19)21(3,4)5/h6-9,16-17,23H,10-15H2,1-5H3,(H,22,25). The summed E-state index contributed by atoms with van der Waals surface area (Å²) >= 11 is 0. The van der Waals surface area contributed by atoms with E-state index >= 15 is 0 Å². The molecule has 6 nitrogen and oxygen atoms in total. The molecular weight excluding hydrogens is 374 g/mol. The minimum atomic E-state index is -3.60. The second kappa shape index (κ2) is 9.37. The second-order valence-electron chi connectivity index (χ2n) is 8.97. The van der Waals surface area contributed by atoms with Crippen LogP contribution in [0.5, 0.6) is 0 Å². The third-order valence-corrected chi connectivity index (χ3v) is 6.79. The van der Waals surface area contributed by atoms with E-state index in [1.807, 2.05) is 12.1 Å². The first kappa shape index (κ1) is 22.8. The average molecular weight is 410 g/mol. The van der Waals surface area contributed by atoms with E-state index in [1.165, 1.54) is 0 Å². The van der Waals surface area contributed by atoms with Gasteiger partial charge in [-0.3, -0.25) is 4.79 Å². The molecule has 0 bridgehead atoms. The Kier molecular flexibility index (Phi) is 7.65. The highest BCUT2D eigenvalue weighted by molar-refractivity contribution is 7.89. The Hall–Kier alpha value is -1.44. The molecule has 1 unspecified atom stereocenters. The molecule has 1 fully saturated rings. The molecule has 1 saturated heterocycles. The van der Waals surface area contributed by atoms with E-state index in [1.54, 1.807) is 12.1 Å². The van der Waals surface area contributed by atoms with Crippen LogP contribution >= 0.6 is 0 Å². The molecule has 0 radical (unpaired) electrons. The highest BCUT2D eigenvalue weighted by atomic mass is 32.2. The summed E-state index contributed by atoms with van der Waals surface area (Å²) < 4.78 is 27.3. The van der Waals surface area contributed by atoms with Crippen molar-refractivity contribution in [3.8, 4) is 0 Å². The quantitative estimate of drug-likeness (QED) is 0.691. The number of amides is 1. The molecule has 28 heavy (non-hydrogen) atoms. The van der Waals surface area contributed by atoms with Gasteiger partial charge in [0.1, 0.15) is 0 Å². The van der Waals surface area contributed by atoms with Crippen molar-refractivity contribution in [1.82, 2.24) is 14.9 Å². The Morgan fingerprint density at radius 2 is 1.86 bits per heavy atom. The third-order valence-electron chi connectivity index (χ3n) is 5.31. The maximum Gasteiger partial charge on any atom is 0.240 e. The summed E-state index contributed by atoms with van der Waals surface area (Å²) in [5.41, 5.74) is 1.05. The van der Waals surface area contributed by atoms with E-state index in [-0.39, 0.29) is 29.2 Å². The Labute approximate surface area is 170 Å². The zero-order valence-electron chi connectivity index (χ0n) is 17.8. The Bertz CT molecular complexity index is 752. The van der Waals surface area contributed by atoms with Crippen LogP contribution in [0, 0.1) is 5.92 Å². The number of rotatable bonds is 8. The molecule has 0 saturated carbocycles. The molecule has 1 aliphatic heterocycles. The predicted octanol–water partition coefficient (Wildman–Crippen LogP) is 2.50. The minimum Gasteiger partial charge on any atom is -0.356 e. The van der Waals surface area contributed by atoms with Gasteiger partial charge in [0.25, 0.3) is 0 Å². The summed E-state index contributed by atoms with van der Waals surface area (Å²) in [7, 11) is -3.60. The van der Waals surface area contributed by atoms with E-state index in [9.17, 15) is 13.2 Å². The van der Waals surface area contributed by atoms with Crippen molar-refractivity contribution in [2.24, 2.45) is 5.92 Å². The zero-order chi connectivity index (χ0) is 20.9. The highest BCUT2D eigenvalue weighted by Gasteiger charge is 2.24. The Balaban J connectivity index is 1.75. The van der Waals surface area contributed by atoms with Crippen LogP contribution in [-0.4, -0.2) is 51.4 Å². The average Bonchev–Trinajstić information content (AvgIpc) is 3.08. The van der Waals surface area contributed by atoms with Gasteiger partial charge in [-0.2, -0.15) is 0 Å². The lowest BCUT2D eigenvalue weighted by Crippen LogP contribution is -2.35. The fourth-order valence-electron chi connectivity index (χ4n) is 3.36. The molecule has 1 aliphatic rings. The molecule has 1 aromatic carbocycles. The van der Waals surface area contributed by atoms with E-state index < -0.39 is 10.0 Å². The van der Waals surface area contributed by atoms with E-state index in [2.05, 4.69) is 49.6 Å².